The number of aromatic amines is 1. The number of nitrogens with zero attached hydrogens (tertiary/aromatic N) is 1. The summed E-state index contributed by atoms with van der Waals surface area (Å²) >= 11 is 1.22. The van der Waals surface area contributed by atoms with E-state index >= 15 is 0 Å². The number of aromatic nitrogens is 2. The molecule has 100 valence electrons. The molecule has 2 aromatic heterocycles. The molecule has 6 heteroatoms. The van der Waals surface area contributed by atoms with E-state index < -0.39 is 5.97 Å². The summed E-state index contributed by atoms with van der Waals surface area (Å²) in [5, 5.41) is 16.9. The van der Waals surface area contributed by atoms with E-state index in [1.165, 1.54) is 11.3 Å². The van der Waals surface area contributed by atoms with Crippen LogP contribution < -0.4 is 5.56 Å². The summed E-state index contributed by atoms with van der Waals surface area (Å²) in [5.41, 5.74) is 0.515. The van der Waals surface area contributed by atoms with Crippen molar-refractivity contribution in [2.45, 2.75) is 6.42 Å². The lowest BCUT2D eigenvalue weighted by molar-refractivity contribution is 0.0702. The lowest BCUT2D eigenvalue weighted by Gasteiger charge is -2.03. The number of benzene rings is 1. The minimum atomic E-state index is -0.930. The van der Waals surface area contributed by atoms with Crippen molar-refractivity contribution in [1.82, 2.24) is 10.2 Å². The van der Waals surface area contributed by atoms with Gasteiger partial charge < -0.3 is 5.11 Å². The summed E-state index contributed by atoms with van der Waals surface area (Å²) < 4.78 is 0. The van der Waals surface area contributed by atoms with Crippen LogP contribution in [-0.4, -0.2) is 21.3 Å². The Hall–Kier alpha value is -2.47. The van der Waals surface area contributed by atoms with E-state index in [1.54, 1.807) is 24.3 Å². The standard InChI is InChI=1S/C14H10N2O3S/c17-13-10-4-2-1-3-9(10)11(15-16-13)7-8-5-6-12(20-8)14(18)19/h1-6H,7H2,(H,16,17)(H,18,19). The van der Waals surface area contributed by atoms with Gasteiger partial charge in [-0.1, -0.05) is 18.2 Å². The fraction of sp³-hybridized carbons (Fsp3) is 0.0714. The minimum Gasteiger partial charge on any atom is -0.477 e. The molecule has 0 spiro atoms. The second-order valence-electron chi connectivity index (χ2n) is 4.29. The molecule has 0 aliphatic heterocycles. The molecule has 0 fully saturated rings. The summed E-state index contributed by atoms with van der Waals surface area (Å²) in [4.78, 5) is 23.7. The third kappa shape index (κ3) is 2.21. The molecule has 0 radical (unpaired) electrons. The fourth-order valence-corrected chi connectivity index (χ4v) is 2.91. The number of carboxylic acid groups (broad SMARTS) is 1. The van der Waals surface area contributed by atoms with E-state index in [9.17, 15) is 9.59 Å². The van der Waals surface area contributed by atoms with Crippen molar-refractivity contribution in [3.63, 3.8) is 0 Å². The van der Waals surface area contributed by atoms with Gasteiger partial charge in [0.05, 0.1) is 11.1 Å². The highest BCUT2D eigenvalue weighted by atomic mass is 32.1. The molecule has 0 unspecified atom stereocenters. The number of carbonyl (C=O) groups is 1. The van der Waals surface area contributed by atoms with Crippen molar-refractivity contribution in [3.05, 3.63) is 62.2 Å². The summed E-state index contributed by atoms with van der Waals surface area (Å²) in [7, 11) is 0. The third-order valence-corrected chi connectivity index (χ3v) is 4.06. The van der Waals surface area contributed by atoms with Gasteiger partial charge in [-0.15, -0.1) is 11.3 Å². The molecule has 0 bridgehead atoms. The Morgan fingerprint density at radius 1 is 1.20 bits per heavy atom. The summed E-state index contributed by atoms with van der Waals surface area (Å²) in [6.45, 7) is 0. The predicted octanol–water partition coefficient (Wildman–Crippen LogP) is 2.27. The number of thiophene rings is 1. The molecule has 0 atom stereocenters. The number of carboxylic acids is 1. The molecule has 0 aliphatic carbocycles. The average molecular weight is 286 g/mol. The van der Waals surface area contributed by atoms with E-state index in [0.29, 0.717) is 16.7 Å². The molecule has 2 heterocycles. The van der Waals surface area contributed by atoms with Crippen LogP contribution in [0.25, 0.3) is 10.8 Å². The van der Waals surface area contributed by atoms with Crippen molar-refractivity contribution in [2.24, 2.45) is 0 Å². The molecule has 0 saturated carbocycles. The second kappa shape index (κ2) is 4.90. The molecule has 3 rings (SSSR count). The minimum absolute atomic E-state index is 0.221. The largest absolute Gasteiger partial charge is 0.477 e. The molecular weight excluding hydrogens is 276 g/mol. The van der Waals surface area contributed by atoms with Gasteiger partial charge in [0.2, 0.25) is 0 Å². The smallest absolute Gasteiger partial charge is 0.345 e. The Morgan fingerprint density at radius 3 is 2.65 bits per heavy atom. The second-order valence-corrected chi connectivity index (χ2v) is 5.46. The number of aromatic carboxylic acids is 1. The third-order valence-electron chi connectivity index (χ3n) is 2.99. The number of hydrogen-bond donors (Lipinski definition) is 2. The van der Waals surface area contributed by atoms with Gasteiger partial charge in [-0.3, -0.25) is 4.79 Å². The van der Waals surface area contributed by atoms with Crippen LogP contribution in [-0.2, 0) is 6.42 Å². The number of fused-ring (bicyclic) bond motifs is 1. The van der Waals surface area contributed by atoms with Crippen LogP contribution in [0.15, 0.2) is 41.2 Å². The fourth-order valence-electron chi connectivity index (χ4n) is 2.06. The predicted molar refractivity (Wildman–Crippen MR) is 76.4 cm³/mol. The SMILES string of the molecule is O=C(O)c1ccc(Cc2n[nH]c(=O)c3ccccc23)s1. The summed E-state index contributed by atoms with van der Waals surface area (Å²) in [5.74, 6) is -0.930. The zero-order chi connectivity index (χ0) is 14.1. The van der Waals surface area contributed by atoms with Gasteiger partial charge in [-0.25, -0.2) is 9.89 Å². The van der Waals surface area contributed by atoms with E-state index in [4.69, 9.17) is 5.11 Å². The highest BCUT2D eigenvalue weighted by Gasteiger charge is 2.10. The first kappa shape index (κ1) is 12.6. The monoisotopic (exact) mass is 286 g/mol. The molecular formula is C14H10N2O3S. The van der Waals surface area contributed by atoms with Gasteiger partial charge in [-0.2, -0.15) is 5.10 Å². The van der Waals surface area contributed by atoms with Gasteiger partial charge in [-0.05, 0) is 18.2 Å². The molecule has 0 amide bonds. The molecule has 3 aromatic rings. The van der Waals surface area contributed by atoms with Crippen LogP contribution >= 0.6 is 11.3 Å². The van der Waals surface area contributed by atoms with Gasteiger partial charge in [0.1, 0.15) is 4.88 Å². The van der Waals surface area contributed by atoms with E-state index in [0.717, 1.165) is 16.0 Å². The van der Waals surface area contributed by atoms with Crippen LogP contribution in [0.4, 0.5) is 0 Å². The van der Waals surface area contributed by atoms with Crippen LogP contribution in [0.5, 0.6) is 0 Å². The Labute approximate surface area is 117 Å². The zero-order valence-corrected chi connectivity index (χ0v) is 11.1. The molecule has 20 heavy (non-hydrogen) atoms. The van der Waals surface area contributed by atoms with Crippen molar-refractivity contribution < 1.29 is 9.90 Å². The number of nitrogens with one attached hydrogen (secondary N) is 1. The van der Waals surface area contributed by atoms with E-state index in [-0.39, 0.29) is 5.56 Å². The number of hydrogen-bond acceptors (Lipinski definition) is 4. The molecule has 0 saturated heterocycles. The van der Waals surface area contributed by atoms with E-state index in [1.807, 2.05) is 12.1 Å². The van der Waals surface area contributed by atoms with Gasteiger partial charge >= 0.3 is 5.97 Å². The molecule has 1 aromatic carbocycles. The van der Waals surface area contributed by atoms with E-state index in [2.05, 4.69) is 10.2 Å². The molecule has 0 aliphatic rings. The Morgan fingerprint density at radius 2 is 1.95 bits per heavy atom. The Kier molecular flexibility index (Phi) is 3.08. The summed E-state index contributed by atoms with van der Waals surface area (Å²) in [6, 6.07) is 10.6. The van der Waals surface area contributed by atoms with Gasteiger partial charge in [0.15, 0.2) is 0 Å². The Bertz CT molecular complexity index is 851. The van der Waals surface area contributed by atoms with Gasteiger partial charge in [0.25, 0.3) is 5.56 Å². The number of H-pyrrole nitrogens is 1. The maximum absolute atomic E-state index is 11.7. The first-order chi connectivity index (χ1) is 9.65. The summed E-state index contributed by atoms with van der Waals surface area (Å²) in [6.07, 6.45) is 0.495. The van der Waals surface area contributed by atoms with Crippen molar-refractivity contribution in [1.29, 1.82) is 0 Å². The average Bonchev–Trinajstić information content (AvgIpc) is 2.91. The maximum atomic E-state index is 11.7. The van der Waals surface area contributed by atoms with Crippen molar-refractivity contribution in [3.8, 4) is 0 Å². The Balaban J connectivity index is 2.04. The molecule has 2 N–H and O–H groups in total. The maximum Gasteiger partial charge on any atom is 0.345 e. The number of rotatable bonds is 3. The van der Waals surface area contributed by atoms with Crippen LogP contribution in [0, 0.1) is 0 Å². The van der Waals surface area contributed by atoms with Crippen LogP contribution in [0.2, 0.25) is 0 Å². The first-order valence-corrected chi connectivity index (χ1v) is 6.75. The topological polar surface area (TPSA) is 83.0 Å². The molecule has 5 nitrogen and oxygen atoms in total. The quantitative estimate of drug-likeness (QED) is 0.773. The van der Waals surface area contributed by atoms with Gasteiger partial charge in [0, 0.05) is 16.7 Å². The lowest BCUT2D eigenvalue weighted by atomic mass is 10.1. The van der Waals surface area contributed by atoms with Crippen molar-refractivity contribution in [2.75, 3.05) is 0 Å². The highest BCUT2D eigenvalue weighted by Crippen LogP contribution is 2.22. The van der Waals surface area contributed by atoms with Crippen molar-refractivity contribution >= 4 is 28.1 Å². The van der Waals surface area contributed by atoms with Crippen LogP contribution in [0.3, 0.4) is 0 Å². The highest BCUT2D eigenvalue weighted by molar-refractivity contribution is 7.13. The zero-order valence-electron chi connectivity index (χ0n) is 10.3. The normalized spacial score (nSPS) is 10.8. The van der Waals surface area contributed by atoms with Crippen LogP contribution in [0.1, 0.15) is 20.2 Å². The first-order valence-electron chi connectivity index (χ1n) is 5.93. The lowest BCUT2D eigenvalue weighted by Crippen LogP contribution is -2.10.